The van der Waals surface area contributed by atoms with Crippen LogP contribution in [0, 0.1) is 12.3 Å². The molecule has 0 rings (SSSR count). The molecular weight excluding hydrogens is 168 g/mol. The normalized spacial score (nSPS) is 9.23. The van der Waals surface area contributed by atoms with Crippen molar-refractivity contribution >= 4 is 5.97 Å². The van der Waals surface area contributed by atoms with Crippen LogP contribution in [0.2, 0.25) is 0 Å². The molecule has 0 N–H and O–H groups in total. The van der Waals surface area contributed by atoms with E-state index in [4.69, 9.17) is 15.9 Å². The Bertz CT molecular complexity index is 169. The average molecular weight is 184 g/mol. The second kappa shape index (κ2) is 9.08. The van der Waals surface area contributed by atoms with Gasteiger partial charge in [-0.25, -0.2) is 4.79 Å². The van der Waals surface area contributed by atoms with E-state index in [1.807, 2.05) is 6.92 Å². The fraction of sp³-hybridized carbons (Fsp3) is 0.700. The van der Waals surface area contributed by atoms with Crippen LogP contribution in [0.25, 0.3) is 0 Å². The molecule has 74 valence electrons. The molecule has 0 spiro atoms. The Hall–Kier alpha value is -1.01. The molecule has 0 fully saturated rings. The van der Waals surface area contributed by atoms with E-state index in [2.05, 4.69) is 5.92 Å². The molecule has 3 heteroatoms. The minimum absolute atomic E-state index is 0.00535. The topological polar surface area (TPSA) is 35.5 Å². The van der Waals surface area contributed by atoms with Crippen LogP contribution in [0.3, 0.4) is 0 Å². The molecule has 0 aromatic heterocycles. The summed E-state index contributed by atoms with van der Waals surface area (Å²) in [4.78, 5) is 10.9. The highest BCUT2D eigenvalue weighted by Crippen LogP contribution is 1.89. The van der Waals surface area contributed by atoms with Gasteiger partial charge in [-0.2, -0.15) is 0 Å². The third-order valence-corrected chi connectivity index (χ3v) is 1.37. The summed E-state index contributed by atoms with van der Waals surface area (Å²) in [6.07, 6.45) is 7.45. The number of carbonyl (C=O) groups is 1. The van der Waals surface area contributed by atoms with Gasteiger partial charge in [-0.05, 0) is 6.42 Å². The zero-order valence-electron chi connectivity index (χ0n) is 8.04. The van der Waals surface area contributed by atoms with Crippen molar-refractivity contribution in [1.29, 1.82) is 0 Å². The van der Waals surface area contributed by atoms with E-state index in [0.717, 1.165) is 12.8 Å². The summed E-state index contributed by atoms with van der Waals surface area (Å²) in [7, 11) is 0. The maximum atomic E-state index is 10.9. The lowest BCUT2D eigenvalue weighted by Gasteiger charge is -2.03. The van der Waals surface area contributed by atoms with Crippen molar-refractivity contribution in [2.45, 2.75) is 26.2 Å². The highest BCUT2D eigenvalue weighted by Gasteiger charge is 2.00. The van der Waals surface area contributed by atoms with Gasteiger partial charge in [0.15, 0.2) is 0 Å². The van der Waals surface area contributed by atoms with Gasteiger partial charge in [-0.3, -0.25) is 0 Å². The number of ether oxygens (including phenoxy) is 2. The summed E-state index contributed by atoms with van der Waals surface area (Å²) in [6.45, 7) is 2.94. The van der Waals surface area contributed by atoms with Crippen LogP contribution in [0.4, 0.5) is 0 Å². The van der Waals surface area contributed by atoms with Crippen LogP contribution in [0.1, 0.15) is 26.2 Å². The van der Waals surface area contributed by atoms with Crippen molar-refractivity contribution in [2.24, 2.45) is 0 Å². The molecule has 0 aromatic carbocycles. The van der Waals surface area contributed by atoms with Crippen LogP contribution < -0.4 is 0 Å². The molecule has 0 aliphatic rings. The van der Waals surface area contributed by atoms with Gasteiger partial charge < -0.3 is 9.47 Å². The summed E-state index contributed by atoms with van der Waals surface area (Å²) < 4.78 is 9.80. The summed E-state index contributed by atoms with van der Waals surface area (Å²) in [5.41, 5.74) is 0. The first kappa shape index (κ1) is 12.0. The molecule has 0 saturated heterocycles. The molecule has 0 aliphatic carbocycles. The number of carbonyl (C=O) groups excluding carboxylic acids is 1. The molecule has 0 saturated carbocycles. The predicted octanol–water partition coefficient (Wildman–Crippen LogP) is 1.37. The Morgan fingerprint density at radius 3 is 2.85 bits per heavy atom. The third-order valence-electron chi connectivity index (χ3n) is 1.37. The first-order valence-electron chi connectivity index (χ1n) is 4.48. The van der Waals surface area contributed by atoms with Gasteiger partial charge in [0, 0.05) is 6.42 Å². The lowest BCUT2D eigenvalue weighted by Crippen LogP contribution is -2.13. The second-order valence-electron chi connectivity index (χ2n) is 2.58. The van der Waals surface area contributed by atoms with Gasteiger partial charge in [-0.1, -0.05) is 13.3 Å². The van der Waals surface area contributed by atoms with Crippen molar-refractivity contribution in [2.75, 3.05) is 19.8 Å². The SMILES string of the molecule is C#CCCOCC(=O)OCCCC. The molecule has 0 aliphatic heterocycles. The number of terminal acetylenes is 1. The lowest BCUT2D eigenvalue weighted by atomic mass is 10.4. The smallest absolute Gasteiger partial charge is 0.332 e. The highest BCUT2D eigenvalue weighted by atomic mass is 16.6. The average Bonchev–Trinajstić information content (AvgIpc) is 2.13. The zero-order chi connectivity index (χ0) is 9.94. The first-order valence-corrected chi connectivity index (χ1v) is 4.48. The maximum Gasteiger partial charge on any atom is 0.332 e. The quantitative estimate of drug-likeness (QED) is 0.340. The standard InChI is InChI=1S/C10H16O3/c1-3-5-7-12-9-10(11)13-8-6-4-2/h1H,4-9H2,2H3. The van der Waals surface area contributed by atoms with Gasteiger partial charge in [0.05, 0.1) is 13.2 Å². The Morgan fingerprint density at radius 2 is 2.23 bits per heavy atom. The van der Waals surface area contributed by atoms with Gasteiger partial charge in [0.25, 0.3) is 0 Å². The van der Waals surface area contributed by atoms with Crippen LogP contribution in [-0.4, -0.2) is 25.8 Å². The maximum absolute atomic E-state index is 10.9. The van der Waals surface area contributed by atoms with Crippen molar-refractivity contribution < 1.29 is 14.3 Å². The molecule has 13 heavy (non-hydrogen) atoms. The van der Waals surface area contributed by atoms with Crippen LogP contribution >= 0.6 is 0 Å². The summed E-state index contributed by atoms with van der Waals surface area (Å²) in [5, 5.41) is 0. The van der Waals surface area contributed by atoms with E-state index in [1.165, 1.54) is 0 Å². The number of unbranched alkanes of at least 4 members (excludes halogenated alkanes) is 1. The Labute approximate surface area is 79.4 Å². The van der Waals surface area contributed by atoms with Crippen LogP contribution in [0.15, 0.2) is 0 Å². The molecule has 0 unspecified atom stereocenters. The minimum Gasteiger partial charge on any atom is -0.464 e. The zero-order valence-corrected chi connectivity index (χ0v) is 8.04. The molecule has 3 nitrogen and oxygen atoms in total. The molecule has 0 radical (unpaired) electrons. The molecule has 0 atom stereocenters. The van der Waals surface area contributed by atoms with Crippen LogP contribution in [-0.2, 0) is 14.3 Å². The van der Waals surface area contributed by atoms with E-state index in [1.54, 1.807) is 0 Å². The largest absolute Gasteiger partial charge is 0.464 e. The van der Waals surface area contributed by atoms with Crippen molar-refractivity contribution in [3.63, 3.8) is 0 Å². The number of hydrogen-bond acceptors (Lipinski definition) is 3. The third kappa shape index (κ3) is 8.90. The monoisotopic (exact) mass is 184 g/mol. The molecule has 0 heterocycles. The van der Waals surface area contributed by atoms with Gasteiger partial charge in [0.1, 0.15) is 6.61 Å². The molecule has 0 amide bonds. The van der Waals surface area contributed by atoms with E-state index >= 15 is 0 Å². The second-order valence-corrected chi connectivity index (χ2v) is 2.58. The molecule has 0 bridgehead atoms. The first-order chi connectivity index (χ1) is 6.31. The highest BCUT2D eigenvalue weighted by molar-refractivity contribution is 5.70. The summed E-state index contributed by atoms with van der Waals surface area (Å²) in [5.74, 6) is 2.10. The van der Waals surface area contributed by atoms with Gasteiger partial charge in [0.2, 0.25) is 0 Å². The minimum atomic E-state index is -0.314. The Balaban J connectivity index is 3.16. The fourth-order valence-corrected chi connectivity index (χ4v) is 0.659. The summed E-state index contributed by atoms with van der Waals surface area (Å²) in [6, 6.07) is 0. The number of hydrogen-bond donors (Lipinski definition) is 0. The molecular formula is C10H16O3. The van der Waals surface area contributed by atoms with E-state index in [9.17, 15) is 4.79 Å². The number of rotatable bonds is 7. The number of esters is 1. The fourth-order valence-electron chi connectivity index (χ4n) is 0.659. The lowest BCUT2D eigenvalue weighted by molar-refractivity contribution is -0.149. The van der Waals surface area contributed by atoms with Crippen LogP contribution in [0.5, 0.6) is 0 Å². The Morgan fingerprint density at radius 1 is 1.46 bits per heavy atom. The van der Waals surface area contributed by atoms with Gasteiger partial charge >= 0.3 is 5.97 Å². The van der Waals surface area contributed by atoms with E-state index < -0.39 is 0 Å². The van der Waals surface area contributed by atoms with E-state index in [0.29, 0.717) is 19.6 Å². The van der Waals surface area contributed by atoms with E-state index in [-0.39, 0.29) is 12.6 Å². The van der Waals surface area contributed by atoms with Crippen molar-refractivity contribution in [1.82, 2.24) is 0 Å². The van der Waals surface area contributed by atoms with Crippen molar-refractivity contribution in [3.05, 3.63) is 0 Å². The van der Waals surface area contributed by atoms with Gasteiger partial charge in [-0.15, -0.1) is 12.3 Å². The molecule has 0 aromatic rings. The predicted molar refractivity (Wildman–Crippen MR) is 50.1 cm³/mol. The Kier molecular flexibility index (Phi) is 8.38. The summed E-state index contributed by atoms with van der Waals surface area (Å²) >= 11 is 0. The van der Waals surface area contributed by atoms with Crippen molar-refractivity contribution in [3.8, 4) is 12.3 Å².